The van der Waals surface area contributed by atoms with Crippen molar-refractivity contribution in [1.82, 2.24) is 0 Å². The largest absolute Gasteiger partial charge is 0.311 e. The van der Waals surface area contributed by atoms with Gasteiger partial charge in [-0.05, 0) is 132 Å². The highest BCUT2D eigenvalue weighted by molar-refractivity contribution is 7.00. The third kappa shape index (κ3) is 6.60. The minimum Gasteiger partial charge on any atom is -0.311 e. The molecule has 0 spiro atoms. The lowest BCUT2D eigenvalue weighted by atomic mass is 9.33. The topological polar surface area (TPSA) is 6.48 Å². The Bertz CT molecular complexity index is 3270. The number of fused-ring (bicyclic) bond motifs is 4. The van der Waals surface area contributed by atoms with Gasteiger partial charge in [0.05, 0.1) is 0 Å². The van der Waals surface area contributed by atoms with E-state index >= 15 is 0 Å². The Morgan fingerprint density at radius 1 is 0.407 bits per heavy atom. The maximum atomic E-state index is 8.79. The number of anilines is 6. The van der Waals surface area contributed by atoms with Crippen LogP contribution in [0, 0.1) is 6.92 Å². The maximum Gasteiger partial charge on any atom is 0.252 e. The van der Waals surface area contributed by atoms with Gasteiger partial charge < -0.3 is 9.80 Å². The molecule has 0 bridgehead atoms. The van der Waals surface area contributed by atoms with Crippen LogP contribution in [-0.2, 0) is 27.1 Å². The molecule has 5 aromatic carbocycles. The van der Waals surface area contributed by atoms with Gasteiger partial charge in [0.1, 0.15) is 0 Å². The van der Waals surface area contributed by atoms with Crippen molar-refractivity contribution < 1.29 is 41.1 Å². The summed E-state index contributed by atoms with van der Waals surface area (Å²) in [5.41, 5.74) is -14.6. The zero-order valence-corrected chi connectivity index (χ0v) is 31.1. The van der Waals surface area contributed by atoms with Crippen LogP contribution in [0.1, 0.15) is 178 Å². The van der Waals surface area contributed by atoms with Crippen LogP contribution in [0.5, 0.6) is 0 Å². The summed E-state index contributed by atoms with van der Waals surface area (Å²) in [5.74, 6) is 0. The van der Waals surface area contributed by atoms with E-state index in [1.807, 2.05) is 0 Å². The highest BCUT2D eigenvalue weighted by Gasteiger charge is 2.44. The fraction of sp³-hybridized carbons (Fsp3) is 0.412. The molecule has 0 aromatic heterocycles. The van der Waals surface area contributed by atoms with Gasteiger partial charge in [0.15, 0.2) is 0 Å². The number of hydrogen-bond acceptors (Lipinski definition) is 2. The van der Waals surface area contributed by atoms with Crippen molar-refractivity contribution in [2.45, 2.75) is 137 Å². The van der Waals surface area contributed by atoms with E-state index in [0.29, 0.717) is 39.7 Å². The number of benzene rings is 5. The first-order valence-electron chi connectivity index (χ1n) is 32.6. The predicted molar refractivity (Wildman–Crippen MR) is 239 cm³/mol. The molecular weight excluding hydrogens is 651 g/mol. The molecule has 0 N–H and O–H groups in total. The van der Waals surface area contributed by atoms with Crippen LogP contribution >= 0.6 is 0 Å². The summed E-state index contributed by atoms with van der Waals surface area (Å²) in [7, 11) is 0. The quantitative estimate of drug-likeness (QED) is 0.163. The Labute approximate surface area is 370 Å². The minimum atomic E-state index is -4.05. The monoisotopic (exact) mass is 745 g/mol. The summed E-state index contributed by atoms with van der Waals surface area (Å²) in [6.45, 7) is -28.8. The Kier molecular flexibility index (Phi) is 3.69. The smallest absolute Gasteiger partial charge is 0.252 e. The molecule has 5 aromatic rings. The van der Waals surface area contributed by atoms with Crippen LogP contribution in [0.15, 0.2) is 91.0 Å². The zero-order valence-electron chi connectivity index (χ0n) is 61.1. The predicted octanol–water partition coefficient (Wildman–Crippen LogP) is 12.6. The number of rotatable bonds is 2. The standard InChI is InChI=1S/C51H63BN2/c1-32-25-44-46-45(26-32)54(39-28-36(50(11,12)13)27-37(29-39)51(14,15)16)43-31-35(49(8,9)10)19-23-40(43)52(46)41-30-34(48(5,6)7)20-24-42(41)53(44)38-21-17-33(18-22-38)47(2,3)4/h17-31H,1-16H3/i2D3,5D3,8D3,9D3,10D3,11D3,12D3,13D3,14D3,15D3. The van der Waals surface area contributed by atoms with Crippen LogP contribution in [0.25, 0.3) is 0 Å². The van der Waals surface area contributed by atoms with Crippen molar-refractivity contribution in [2.75, 3.05) is 9.80 Å². The van der Waals surface area contributed by atoms with E-state index in [2.05, 4.69) is 0 Å². The Hall–Kier alpha value is -4.24. The third-order valence-corrected chi connectivity index (χ3v) is 10.4. The molecule has 0 saturated heterocycles. The molecule has 7 rings (SSSR count). The highest BCUT2D eigenvalue weighted by atomic mass is 15.2. The molecule has 280 valence electrons. The van der Waals surface area contributed by atoms with Crippen molar-refractivity contribution in [3.05, 3.63) is 124 Å². The Morgan fingerprint density at radius 2 is 0.907 bits per heavy atom. The number of nitrogens with zero attached hydrogens (tertiary/aromatic N) is 2. The summed E-state index contributed by atoms with van der Waals surface area (Å²) in [4.78, 5) is 2.95. The van der Waals surface area contributed by atoms with Crippen LogP contribution in [0.3, 0.4) is 0 Å². The molecule has 3 heteroatoms. The summed E-state index contributed by atoms with van der Waals surface area (Å²) < 4.78 is 261. The molecule has 0 fully saturated rings. The SMILES string of the molecule is [2H]C([2H])([2H])C(C)(C)c1ccc(N2c3ccc(C(C)(C)C([2H])([2H])[2H])cc3B3c4ccc(C(C([2H])([2H])[2H])(C([2H])([2H])[2H])C([2H])([2H])[2H])cc4N(c4cc(C(C)(C([2H])([2H])[2H])C([2H])([2H])[2H])cc(C(C([2H])([2H])[2H])(C([2H])([2H])[2H])C([2H])([2H])[2H])c4)c4cc(C)cc2c43)cc1. The first-order valence-corrected chi connectivity index (χ1v) is 17.6. The van der Waals surface area contributed by atoms with E-state index in [4.69, 9.17) is 41.1 Å². The molecular formula is C51H63BN2. The molecule has 54 heavy (non-hydrogen) atoms. The normalized spacial score (nSPS) is 25.1. The molecule has 0 aliphatic carbocycles. The van der Waals surface area contributed by atoms with Gasteiger partial charge in [0, 0.05) is 75.2 Å². The molecule has 0 radical (unpaired) electrons. The summed E-state index contributed by atoms with van der Waals surface area (Å²) in [5, 5.41) is 0. The second-order valence-electron chi connectivity index (χ2n) is 16.1. The van der Waals surface area contributed by atoms with Gasteiger partial charge >= 0.3 is 0 Å². The van der Waals surface area contributed by atoms with Crippen LogP contribution < -0.4 is 26.2 Å². The zero-order chi connectivity index (χ0) is 64.5. The average Bonchev–Trinajstić information content (AvgIpc) is 0.794. The van der Waals surface area contributed by atoms with Gasteiger partial charge in [-0.15, -0.1) is 0 Å². The van der Waals surface area contributed by atoms with E-state index in [1.165, 1.54) is 30.9 Å². The van der Waals surface area contributed by atoms with Crippen molar-refractivity contribution >= 4 is 57.2 Å². The Morgan fingerprint density at radius 3 is 1.52 bits per heavy atom. The lowest BCUT2D eigenvalue weighted by Crippen LogP contribution is -2.61. The van der Waals surface area contributed by atoms with Crippen LogP contribution in [-0.4, -0.2) is 6.71 Å². The molecule has 0 atom stereocenters. The summed E-state index contributed by atoms with van der Waals surface area (Å²) in [6, 6.07) is 20.2. The first kappa shape index (κ1) is 16.1. The second-order valence-corrected chi connectivity index (χ2v) is 16.1. The van der Waals surface area contributed by atoms with Crippen molar-refractivity contribution in [2.24, 2.45) is 0 Å². The minimum absolute atomic E-state index is 0.0342. The molecule has 0 unspecified atom stereocenters. The molecule has 2 heterocycles. The van der Waals surface area contributed by atoms with Crippen molar-refractivity contribution in [1.29, 1.82) is 0 Å². The average molecular weight is 745 g/mol. The van der Waals surface area contributed by atoms with E-state index in [0.717, 1.165) is 31.2 Å². The van der Waals surface area contributed by atoms with Crippen molar-refractivity contribution in [3.8, 4) is 0 Å². The lowest BCUT2D eigenvalue weighted by Gasteiger charge is -2.45. The Balaban J connectivity index is 1.81. The highest BCUT2D eigenvalue weighted by Crippen LogP contribution is 2.47. The first-order chi connectivity index (χ1) is 37.3. The fourth-order valence-corrected chi connectivity index (χ4v) is 7.59. The maximum absolute atomic E-state index is 8.79. The fourth-order valence-electron chi connectivity index (χ4n) is 7.59. The third-order valence-electron chi connectivity index (χ3n) is 10.4. The molecule has 0 amide bonds. The van der Waals surface area contributed by atoms with Crippen LogP contribution in [0.2, 0.25) is 0 Å². The molecule has 0 saturated carbocycles. The van der Waals surface area contributed by atoms with Gasteiger partial charge in [0.25, 0.3) is 6.71 Å². The molecule has 2 aliphatic heterocycles. The molecule has 2 nitrogen and oxygen atoms in total. The second kappa shape index (κ2) is 12.4. The van der Waals surface area contributed by atoms with Gasteiger partial charge in [-0.3, -0.25) is 0 Å². The number of aryl methyl sites for hydroxylation is 1. The van der Waals surface area contributed by atoms with Gasteiger partial charge in [-0.1, -0.05) is 146 Å². The number of hydrogen-bond donors (Lipinski definition) is 0. The van der Waals surface area contributed by atoms with Gasteiger partial charge in [-0.2, -0.15) is 0 Å². The van der Waals surface area contributed by atoms with E-state index < -0.39 is 125 Å². The lowest BCUT2D eigenvalue weighted by molar-refractivity contribution is 0.568. The van der Waals surface area contributed by atoms with Gasteiger partial charge in [0.2, 0.25) is 0 Å². The molecule has 2 aliphatic rings. The van der Waals surface area contributed by atoms with Gasteiger partial charge in [-0.25, -0.2) is 0 Å². The van der Waals surface area contributed by atoms with Crippen LogP contribution in [0.4, 0.5) is 34.1 Å². The van der Waals surface area contributed by atoms with E-state index in [9.17, 15) is 0 Å². The van der Waals surface area contributed by atoms with Crippen molar-refractivity contribution in [3.63, 3.8) is 0 Å². The van der Waals surface area contributed by atoms with E-state index in [-0.39, 0.29) is 27.9 Å². The summed E-state index contributed by atoms with van der Waals surface area (Å²) in [6.07, 6.45) is 0. The van der Waals surface area contributed by atoms with E-state index in [1.54, 1.807) is 74.2 Å². The summed E-state index contributed by atoms with van der Waals surface area (Å²) >= 11 is 0.